The van der Waals surface area contributed by atoms with Crippen LogP contribution in [-0.4, -0.2) is 24.0 Å². The van der Waals surface area contributed by atoms with Crippen molar-refractivity contribution in [2.45, 2.75) is 0 Å². The first-order valence-electron chi connectivity index (χ1n) is 7.70. The van der Waals surface area contributed by atoms with Gasteiger partial charge in [0.25, 0.3) is 0 Å². The largest absolute Gasteiger partial charge is 0.497 e. The molecule has 0 spiro atoms. The predicted molar refractivity (Wildman–Crippen MR) is 97.3 cm³/mol. The lowest BCUT2D eigenvalue weighted by atomic mass is 10.0. The van der Waals surface area contributed by atoms with E-state index in [0.29, 0.717) is 5.56 Å². The standard InChI is InChI=1S/C21H16O4/c1-25-19-10-9-16-12-18(8-7-17(16)13-19)20(22)11-4-14-2-5-15(6-3-14)21(23)24/h2-13H,1H3,(H,23,24)/b11-4+. The average Bonchev–Trinajstić information content (AvgIpc) is 2.65. The molecular formula is C21H16O4. The van der Waals surface area contributed by atoms with Crippen LogP contribution in [0.5, 0.6) is 5.75 Å². The second kappa shape index (κ2) is 7.01. The fraction of sp³-hybridized carbons (Fsp3) is 0.0476. The maximum atomic E-state index is 12.4. The highest BCUT2D eigenvalue weighted by atomic mass is 16.5. The number of benzene rings is 3. The summed E-state index contributed by atoms with van der Waals surface area (Å²) in [6.45, 7) is 0. The molecule has 3 rings (SSSR count). The van der Waals surface area contributed by atoms with Crippen molar-refractivity contribution in [1.29, 1.82) is 0 Å². The molecular weight excluding hydrogens is 316 g/mol. The SMILES string of the molecule is COc1ccc2cc(C(=O)/C=C/c3ccc(C(=O)O)cc3)ccc2c1. The van der Waals surface area contributed by atoms with Gasteiger partial charge in [-0.3, -0.25) is 4.79 Å². The summed E-state index contributed by atoms with van der Waals surface area (Å²) in [6, 6.07) is 17.6. The Bertz CT molecular complexity index is 969. The van der Waals surface area contributed by atoms with Gasteiger partial charge < -0.3 is 9.84 Å². The van der Waals surface area contributed by atoms with Gasteiger partial charge in [-0.2, -0.15) is 0 Å². The maximum absolute atomic E-state index is 12.4. The van der Waals surface area contributed by atoms with E-state index < -0.39 is 5.97 Å². The summed E-state index contributed by atoms with van der Waals surface area (Å²) in [7, 11) is 1.62. The highest BCUT2D eigenvalue weighted by Crippen LogP contribution is 2.22. The van der Waals surface area contributed by atoms with Crippen molar-refractivity contribution in [3.8, 4) is 5.75 Å². The molecule has 0 aromatic heterocycles. The molecule has 0 aliphatic heterocycles. The summed E-state index contributed by atoms with van der Waals surface area (Å²) in [4.78, 5) is 23.2. The van der Waals surface area contributed by atoms with Crippen LogP contribution in [0.4, 0.5) is 0 Å². The molecule has 0 radical (unpaired) electrons. The van der Waals surface area contributed by atoms with E-state index in [9.17, 15) is 9.59 Å². The van der Waals surface area contributed by atoms with Crippen LogP contribution in [-0.2, 0) is 0 Å². The first-order valence-corrected chi connectivity index (χ1v) is 7.70. The Morgan fingerprint density at radius 1 is 0.880 bits per heavy atom. The Morgan fingerprint density at radius 3 is 2.20 bits per heavy atom. The molecule has 0 amide bonds. The summed E-state index contributed by atoms with van der Waals surface area (Å²) in [5.74, 6) is -0.310. The molecule has 3 aromatic rings. The quantitative estimate of drug-likeness (QED) is 0.554. The molecule has 0 saturated carbocycles. The molecule has 0 bridgehead atoms. The molecule has 4 nitrogen and oxygen atoms in total. The summed E-state index contributed by atoms with van der Waals surface area (Å²) in [5.41, 5.74) is 1.58. The van der Waals surface area contributed by atoms with Crippen molar-refractivity contribution < 1.29 is 19.4 Å². The number of carbonyl (C=O) groups excluding carboxylic acids is 1. The van der Waals surface area contributed by atoms with Crippen LogP contribution in [0.15, 0.2) is 66.7 Å². The lowest BCUT2D eigenvalue weighted by Crippen LogP contribution is -1.95. The average molecular weight is 332 g/mol. The number of hydrogen-bond donors (Lipinski definition) is 1. The van der Waals surface area contributed by atoms with Crippen molar-refractivity contribution in [3.05, 3.63) is 83.4 Å². The number of aromatic carboxylic acids is 1. The van der Waals surface area contributed by atoms with Crippen LogP contribution in [0.2, 0.25) is 0 Å². The number of methoxy groups -OCH3 is 1. The van der Waals surface area contributed by atoms with E-state index in [1.54, 1.807) is 31.4 Å². The maximum Gasteiger partial charge on any atom is 0.335 e. The zero-order valence-electron chi connectivity index (χ0n) is 13.6. The normalized spacial score (nSPS) is 10.9. The van der Waals surface area contributed by atoms with Gasteiger partial charge in [0.1, 0.15) is 5.75 Å². The first kappa shape index (κ1) is 16.5. The minimum absolute atomic E-state index is 0.111. The molecule has 25 heavy (non-hydrogen) atoms. The molecule has 0 unspecified atom stereocenters. The minimum Gasteiger partial charge on any atom is -0.497 e. The fourth-order valence-electron chi connectivity index (χ4n) is 2.51. The van der Waals surface area contributed by atoms with Gasteiger partial charge in [-0.15, -0.1) is 0 Å². The third kappa shape index (κ3) is 3.75. The van der Waals surface area contributed by atoms with Gasteiger partial charge in [-0.1, -0.05) is 36.4 Å². The Labute approximate surface area is 145 Å². The summed E-state index contributed by atoms with van der Waals surface area (Å²) in [5, 5.41) is 10.8. The molecule has 0 aliphatic rings. The molecule has 0 fully saturated rings. The number of fused-ring (bicyclic) bond motifs is 1. The number of hydrogen-bond acceptors (Lipinski definition) is 3. The second-order valence-corrected chi connectivity index (χ2v) is 5.55. The number of ketones is 1. The second-order valence-electron chi connectivity index (χ2n) is 5.55. The van der Waals surface area contributed by atoms with Crippen LogP contribution >= 0.6 is 0 Å². The summed E-state index contributed by atoms with van der Waals surface area (Å²) >= 11 is 0. The van der Waals surface area contributed by atoms with Crippen LogP contribution < -0.4 is 4.74 Å². The van der Waals surface area contributed by atoms with Gasteiger partial charge >= 0.3 is 5.97 Å². The van der Waals surface area contributed by atoms with Crippen LogP contribution in [0.25, 0.3) is 16.8 Å². The lowest BCUT2D eigenvalue weighted by Gasteiger charge is -2.04. The van der Waals surface area contributed by atoms with Gasteiger partial charge in [0, 0.05) is 5.56 Å². The number of carbonyl (C=O) groups is 2. The van der Waals surface area contributed by atoms with E-state index >= 15 is 0 Å². The van der Waals surface area contributed by atoms with Gasteiger partial charge in [0.2, 0.25) is 0 Å². The zero-order chi connectivity index (χ0) is 17.8. The number of carboxylic acid groups (broad SMARTS) is 1. The smallest absolute Gasteiger partial charge is 0.335 e. The van der Waals surface area contributed by atoms with Crippen LogP contribution in [0.3, 0.4) is 0 Å². The van der Waals surface area contributed by atoms with Gasteiger partial charge in [0.15, 0.2) is 5.78 Å². The van der Waals surface area contributed by atoms with E-state index in [0.717, 1.165) is 22.1 Å². The topological polar surface area (TPSA) is 63.6 Å². The van der Waals surface area contributed by atoms with Crippen molar-refractivity contribution in [2.24, 2.45) is 0 Å². The van der Waals surface area contributed by atoms with Crippen molar-refractivity contribution >= 4 is 28.6 Å². The van der Waals surface area contributed by atoms with E-state index in [-0.39, 0.29) is 11.3 Å². The van der Waals surface area contributed by atoms with Gasteiger partial charge in [-0.05, 0) is 52.7 Å². The summed E-state index contributed by atoms with van der Waals surface area (Å²) in [6.07, 6.45) is 3.16. The number of rotatable bonds is 5. The Hall–Kier alpha value is -3.40. The van der Waals surface area contributed by atoms with Crippen LogP contribution in [0, 0.1) is 0 Å². The molecule has 1 N–H and O–H groups in total. The van der Waals surface area contributed by atoms with Crippen molar-refractivity contribution in [2.75, 3.05) is 7.11 Å². The molecule has 4 heteroatoms. The number of allylic oxidation sites excluding steroid dienone is 1. The molecule has 124 valence electrons. The first-order chi connectivity index (χ1) is 12.1. The highest BCUT2D eigenvalue weighted by molar-refractivity contribution is 6.08. The molecule has 0 atom stereocenters. The minimum atomic E-state index is -0.973. The van der Waals surface area contributed by atoms with E-state index in [2.05, 4.69) is 0 Å². The fourth-order valence-corrected chi connectivity index (χ4v) is 2.51. The molecule has 0 aliphatic carbocycles. The van der Waals surface area contributed by atoms with E-state index in [1.165, 1.54) is 18.2 Å². The molecule has 0 heterocycles. The lowest BCUT2D eigenvalue weighted by molar-refractivity contribution is 0.0696. The Balaban J connectivity index is 1.80. The predicted octanol–water partition coefficient (Wildman–Crippen LogP) is 4.44. The van der Waals surface area contributed by atoms with Gasteiger partial charge in [0.05, 0.1) is 12.7 Å². The highest BCUT2D eigenvalue weighted by Gasteiger charge is 2.05. The van der Waals surface area contributed by atoms with Crippen molar-refractivity contribution in [1.82, 2.24) is 0 Å². The third-order valence-corrected chi connectivity index (χ3v) is 3.92. The van der Waals surface area contributed by atoms with Crippen LogP contribution in [0.1, 0.15) is 26.3 Å². The number of ether oxygens (including phenoxy) is 1. The molecule has 0 saturated heterocycles. The Kier molecular flexibility index (Phi) is 4.61. The third-order valence-electron chi connectivity index (χ3n) is 3.92. The van der Waals surface area contributed by atoms with E-state index in [4.69, 9.17) is 9.84 Å². The molecule has 3 aromatic carbocycles. The van der Waals surface area contributed by atoms with E-state index in [1.807, 2.05) is 30.3 Å². The van der Waals surface area contributed by atoms with Gasteiger partial charge in [-0.25, -0.2) is 4.79 Å². The Morgan fingerprint density at radius 2 is 1.52 bits per heavy atom. The zero-order valence-corrected chi connectivity index (χ0v) is 13.6. The monoisotopic (exact) mass is 332 g/mol. The van der Waals surface area contributed by atoms with Crippen molar-refractivity contribution in [3.63, 3.8) is 0 Å². The summed E-state index contributed by atoms with van der Waals surface area (Å²) < 4.78 is 5.20. The number of carboxylic acids is 1.